The number of hydrogen-bond donors (Lipinski definition) is 0. The molecule has 0 unspecified atom stereocenters. The fourth-order valence-corrected chi connectivity index (χ4v) is 4.06. The van der Waals surface area contributed by atoms with Gasteiger partial charge in [-0.15, -0.1) is 4.68 Å². The maximum Gasteiger partial charge on any atom is 0.215 e. The standard InChI is InChI=1S/C24H27N3/c1-17(2)27-15-13-22(25(27)5)24-19(4)23(26-14-9-8-10-18(26)3)16-20-11-6-7-12-21(20)24/h6-17H,1-5H3/q+2. The Bertz CT molecular complexity index is 1140. The van der Waals surface area contributed by atoms with Gasteiger partial charge in [0.05, 0.1) is 7.05 Å². The number of fused-ring (bicyclic) bond motifs is 1. The molecule has 0 radical (unpaired) electrons. The first kappa shape index (κ1) is 17.5. The third-order valence-electron chi connectivity index (χ3n) is 5.47. The number of rotatable bonds is 3. The van der Waals surface area contributed by atoms with Crippen LogP contribution in [0.4, 0.5) is 0 Å². The molecule has 3 heteroatoms. The van der Waals surface area contributed by atoms with Crippen molar-refractivity contribution in [2.45, 2.75) is 33.7 Å². The number of benzene rings is 2. The van der Waals surface area contributed by atoms with Crippen LogP contribution in [-0.4, -0.2) is 4.68 Å². The Hall–Kier alpha value is -2.94. The highest BCUT2D eigenvalue weighted by Gasteiger charge is 2.24. The summed E-state index contributed by atoms with van der Waals surface area (Å²) < 4.78 is 6.83. The Labute approximate surface area is 161 Å². The summed E-state index contributed by atoms with van der Waals surface area (Å²) in [6.45, 7) is 8.83. The SMILES string of the molecule is Cc1c(-[n+]2ccccc2C)cc2ccccc2c1-c1cc[n+](C(C)C)n1C. The molecule has 0 saturated heterocycles. The van der Waals surface area contributed by atoms with Gasteiger partial charge in [-0.2, -0.15) is 9.25 Å². The van der Waals surface area contributed by atoms with Crippen molar-refractivity contribution in [3.05, 3.63) is 78.2 Å². The zero-order valence-electron chi connectivity index (χ0n) is 16.8. The van der Waals surface area contributed by atoms with Crippen molar-refractivity contribution in [1.29, 1.82) is 0 Å². The molecule has 3 nitrogen and oxygen atoms in total. The lowest BCUT2D eigenvalue weighted by Crippen LogP contribution is -2.43. The Morgan fingerprint density at radius 2 is 1.63 bits per heavy atom. The maximum absolute atomic E-state index is 2.31. The van der Waals surface area contributed by atoms with Crippen LogP contribution in [0.2, 0.25) is 0 Å². The predicted octanol–water partition coefficient (Wildman–Crippen LogP) is 4.61. The lowest BCUT2D eigenvalue weighted by molar-refractivity contribution is -0.789. The van der Waals surface area contributed by atoms with Crippen LogP contribution in [0.5, 0.6) is 0 Å². The number of nitrogens with zero attached hydrogens (tertiary/aromatic N) is 3. The average Bonchev–Trinajstić information content (AvgIpc) is 3.03. The molecular weight excluding hydrogens is 330 g/mol. The molecule has 0 spiro atoms. The minimum atomic E-state index is 0.421. The van der Waals surface area contributed by atoms with Crippen molar-refractivity contribution in [2.24, 2.45) is 7.05 Å². The Balaban J connectivity index is 2.09. The highest BCUT2D eigenvalue weighted by Crippen LogP contribution is 2.34. The molecule has 0 aliphatic carbocycles. The third kappa shape index (κ3) is 2.84. The first-order chi connectivity index (χ1) is 13.0. The third-order valence-corrected chi connectivity index (χ3v) is 5.47. The zero-order valence-corrected chi connectivity index (χ0v) is 16.8. The number of aromatic nitrogens is 3. The molecule has 0 aliphatic heterocycles. The summed E-state index contributed by atoms with van der Waals surface area (Å²) >= 11 is 0. The van der Waals surface area contributed by atoms with Gasteiger partial charge in [0.1, 0.15) is 5.69 Å². The highest BCUT2D eigenvalue weighted by atomic mass is 15.4. The minimum Gasteiger partial charge on any atom is -0.164 e. The van der Waals surface area contributed by atoms with Crippen molar-refractivity contribution in [3.63, 3.8) is 0 Å². The molecule has 0 atom stereocenters. The lowest BCUT2D eigenvalue weighted by atomic mass is 9.95. The minimum absolute atomic E-state index is 0.421. The van der Waals surface area contributed by atoms with Gasteiger partial charge in [0.2, 0.25) is 5.69 Å². The zero-order chi connectivity index (χ0) is 19.1. The molecule has 27 heavy (non-hydrogen) atoms. The summed E-state index contributed by atoms with van der Waals surface area (Å²) in [6.07, 6.45) is 4.33. The van der Waals surface area contributed by atoms with Gasteiger partial charge >= 0.3 is 0 Å². The van der Waals surface area contributed by atoms with E-state index in [1.807, 2.05) is 0 Å². The van der Waals surface area contributed by atoms with Crippen LogP contribution in [0.15, 0.2) is 67.0 Å². The van der Waals surface area contributed by atoms with Gasteiger partial charge in [0, 0.05) is 42.3 Å². The first-order valence-electron chi connectivity index (χ1n) is 9.56. The van der Waals surface area contributed by atoms with E-state index >= 15 is 0 Å². The van der Waals surface area contributed by atoms with E-state index in [4.69, 9.17) is 0 Å². The number of hydrogen-bond acceptors (Lipinski definition) is 0. The molecule has 0 fully saturated rings. The van der Waals surface area contributed by atoms with E-state index in [2.05, 4.69) is 116 Å². The summed E-state index contributed by atoms with van der Waals surface area (Å²) in [5, 5.41) is 2.56. The van der Waals surface area contributed by atoms with Crippen LogP contribution >= 0.6 is 0 Å². The average molecular weight is 358 g/mol. The van der Waals surface area contributed by atoms with Crippen LogP contribution < -0.4 is 9.25 Å². The lowest BCUT2D eigenvalue weighted by Gasteiger charge is -2.13. The molecule has 0 N–H and O–H groups in total. The summed E-state index contributed by atoms with van der Waals surface area (Å²) in [7, 11) is 2.15. The smallest absolute Gasteiger partial charge is 0.164 e. The molecule has 2 heterocycles. The van der Waals surface area contributed by atoms with Crippen molar-refractivity contribution >= 4 is 10.8 Å². The quantitative estimate of drug-likeness (QED) is 0.475. The van der Waals surface area contributed by atoms with Crippen LogP contribution in [-0.2, 0) is 7.05 Å². The van der Waals surface area contributed by atoms with Crippen molar-refractivity contribution in [1.82, 2.24) is 4.68 Å². The van der Waals surface area contributed by atoms with E-state index in [1.165, 1.54) is 39.0 Å². The fraction of sp³-hybridized carbons (Fsp3) is 0.250. The molecule has 4 rings (SSSR count). The van der Waals surface area contributed by atoms with Crippen LogP contribution in [0, 0.1) is 13.8 Å². The van der Waals surface area contributed by atoms with E-state index in [9.17, 15) is 0 Å². The maximum atomic E-state index is 2.31. The Kier molecular flexibility index (Phi) is 4.31. The van der Waals surface area contributed by atoms with Gasteiger partial charge in [-0.05, 0) is 31.5 Å². The highest BCUT2D eigenvalue weighted by molar-refractivity contribution is 5.99. The second-order valence-electron chi connectivity index (χ2n) is 7.53. The molecule has 136 valence electrons. The molecule has 0 aliphatic rings. The van der Waals surface area contributed by atoms with E-state index in [-0.39, 0.29) is 0 Å². The molecule has 0 amide bonds. The number of pyridine rings is 1. The first-order valence-corrected chi connectivity index (χ1v) is 9.56. The van der Waals surface area contributed by atoms with Gasteiger partial charge in [-0.3, -0.25) is 0 Å². The van der Waals surface area contributed by atoms with E-state index in [0.29, 0.717) is 6.04 Å². The van der Waals surface area contributed by atoms with Gasteiger partial charge in [-0.1, -0.05) is 30.3 Å². The molecular formula is C24H27N3+2. The normalized spacial score (nSPS) is 11.5. The van der Waals surface area contributed by atoms with Gasteiger partial charge in [0.15, 0.2) is 24.1 Å². The van der Waals surface area contributed by atoms with Crippen LogP contribution in [0.3, 0.4) is 0 Å². The van der Waals surface area contributed by atoms with E-state index < -0.39 is 0 Å². The summed E-state index contributed by atoms with van der Waals surface area (Å²) in [6, 6.07) is 20.0. The molecule has 2 aromatic heterocycles. The van der Waals surface area contributed by atoms with Gasteiger partial charge in [0.25, 0.3) is 0 Å². The Morgan fingerprint density at radius 3 is 2.33 bits per heavy atom. The van der Waals surface area contributed by atoms with Gasteiger partial charge in [-0.25, -0.2) is 0 Å². The van der Waals surface area contributed by atoms with Crippen LogP contribution in [0.1, 0.15) is 31.1 Å². The van der Waals surface area contributed by atoms with Crippen molar-refractivity contribution < 1.29 is 9.25 Å². The van der Waals surface area contributed by atoms with E-state index in [0.717, 1.165) is 0 Å². The fourth-order valence-electron chi connectivity index (χ4n) is 4.06. The predicted molar refractivity (Wildman–Crippen MR) is 110 cm³/mol. The van der Waals surface area contributed by atoms with Crippen LogP contribution in [0.25, 0.3) is 27.7 Å². The summed E-state index contributed by atoms with van der Waals surface area (Å²) in [5.41, 5.74) is 6.31. The molecule has 2 aromatic carbocycles. The van der Waals surface area contributed by atoms with Crippen molar-refractivity contribution in [2.75, 3.05) is 0 Å². The monoisotopic (exact) mass is 357 g/mol. The van der Waals surface area contributed by atoms with E-state index in [1.54, 1.807) is 0 Å². The number of aryl methyl sites for hydroxylation is 1. The molecule has 0 bridgehead atoms. The largest absolute Gasteiger partial charge is 0.215 e. The van der Waals surface area contributed by atoms with Crippen molar-refractivity contribution in [3.8, 4) is 16.9 Å². The summed E-state index contributed by atoms with van der Waals surface area (Å²) in [5.74, 6) is 0. The molecule has 0 saturated carbocycles. The second kappa shape index (κ2) is 6.66. The summed E-state index contributed by atoms with van der Waals surface area (Å²) in [4.78, 5) is 0. The Morgan fingerprint density at radius 1 is 0.889 bits per heavy atom. The molecule has 4 aromatic rings. The second-order valence-corrected chi connectivity index (χ2v) is 7.53. The topological polar surface area (TPSA) is 12.7 Å². The van der Waals surface area contributed by atoms with Gasteiger partial charge < -0.3 is 0 Å².